The van der Waals surface area contributed by atoms with Crippen molar-refractivity contribution >= 4 is 5.78 Å². The first-order chi connectivity index (χ1) is 12.7. The smallest absolute Gasteiger partial charge is 0.174 e. The molecule has 2 heterocycles. The number of phenolic OH excluding ortho intramolecular Hbond substituents is 1. The standard InChI is InChI=1S/C22H27NO4/c1-20(7-8-20)12-23(2)10-9-21-17-13-3-4-14(24)18(17)27-19(21)15(25)5-6-22(21,26)16(23)11-13/h3-4,16,19,26H,5-12H2,1-2H3/p+1. The van der Waals surface area contributed by atoms with Gasteiger partial charge in [-0.05, 0) is 30.9 Å². The molecule has 5 atom stereocenters. The third kappa shape index (κ3) is 1.72. The molecule has 6 rings (SSSR count). The van der Waals surface area contributed by atoms with Crippen molar-refractivity contribution in [3.8, 4) is 11.5 Å². The number of phenols is 1. The molecule has 1 saturated heterocycles. The topological polar surface area (TPSA) is 66.8 Å². The van der Waals surface area contributed by atoms with Gasteiger partial charge in [0.15, 0.2) is 23.4 Å². The minimum Gasteiger partial charge on any atom is -0.504 e. The Bertz CT molecular complexity index is 893. The first-order valence-corrected chi connectivity index (χ1v) is 10.3. The molecule has 5 aliphatic rings. The number of aliphatic hydroxyl groups is 1. The van der Waals surface area contributed by atoms with E-state index in [1.54, 1.807) is 6.07 Å². The van der Waals surface area contributed by atoms with Crippen molar-refractivity contribution in [3.63, 3.8) is 0 Å². The van der Waals surface area contributed by atoms with Crippen LogP contribution in [0, 0.1) is 5.41 Å². The highest BCUT2D eigenvalue weighted by molar-refractivity contribution is 5.90. The highest BCUT2D eigenvalue weighted by Crippen LogP contribution is 2.66. The van der Waals surface area contributed by atoms with Crippen molar-refractivity contribution in [1.29, 1.82) is 0 Å². The van der Waals surface area contributed by atoms with Crippen LogP contribution in [0.1, 0.15) is 50.2 Å². The zero-order chi connectivity index (χ0) is 18.8. The maximum Gasteiger partial charge on any atom is 0.174 e. The summed E-state index contributed by atoms with van der Waals surface area (Å²) in [5.41, 5.74) is 0.849. The summed E-state index contributed by atoms with van der Waals surface area (Å²) in [6.45, 7) is 4.41. The number of ether oxygens (including phenoxy) is 1. The molecule has 0 radical (unpaired) electrons. The average Bonchev–Trinajstić information content (AvgIpc) is 3.20. The fourth-order valence-electron chi connectivity index (χ4n) is 7.26. The van der Waals surface area contributed by atoms with Crippen LogP contribution in [-0.4, -0.2) is 58.4 Å². The zero-order valence-electron chi connectivity index (χ0n) is 16.1. The van der Waals surface area contributed by atoms with Gasteiger partial charge in [0.05, 0.1) is 25.6 Å². The zero-order valence-corrected chi connectivity index (χ0v) is 16.1. The molecule has 1 spiro atoms. The van der Waals surface area contributed by atoms with Crippen LogP contribution < -0.4 is 4.74 Å². The summed E-state index contributed by atoms with van der Waals surface area (Å²) in [6.07, 6.45) is 4.30. The first-order valence-electron chi connectivity index (χ1n) is 10.3. The Morgan fingerprint density at radius 2 is 2.04 bits per heavy atom. The molecule has 2 aliphatic heterocycles. The summed E-state index contributed by atoms with van der Waals surface area (Å²) < 4.78 is 6.98. The fourth-order valence-corrected chi connectivity index (χ4v) is 7.26. The maximum atomic E-state index is 12.9. The summed E-state index contributed by atoms with van der Waals surface area (Å²) in [7, 11) is 2.31. The molecule has 0 aromatic heterocycles. The minimum absolute atomic E-state index is 0.0749. The number of carbonyl (C=O) groups is 1. The van der Waals surface area contributed by atoms with Crippen LogP contribution in [-0.2, 0) is 16.6 Å². The van der Waals surface area contributed by atoms with Crippen LogP contribution in [0.25, 0.3) is 0 Å². The summed E-state index contributed by atoms with van der Waals surface area (Å²) in [5, 5.41) is 22.7. The van der Waals surface area contributed by atoms with Gasteiger partial charge in [-0.1, -0.05) is 13.0 Å². The summed E-state index contributed by atoms with van der Waals surface area (Å²) in [5.74, 6) is 0.626. The van der Waals surface area contributed by atoms with Crippen molar-refractivity contribution in [2.24, 2.45) is 5.41 Å². The molecule has 3 fully saturated rings. The lowest BCUT2D eigenvalue weighted by Crippen LogP contribution is -2.81. The molecule has 3 aliphatic carbocycles. The summed E-state index contributed by atoms with van der Waals surface area (Å²) in [6, 6.07) is 3.76. The van der Waals surface area contributed by atoms with E-state index in [1.807, 2.05) is 6.07 Å². The van der Waals surface area contributed by atoms with Gasteiger partial charge < -0.3 is 19.4 Å². The van der Waals surface area contributed by atoms with Crippen LogP contribution in [0.5, 0.6) is 11.5 Å². The van der Waals surface area contributed by atoms with E-state index in [9.17, 15) is 15.0 Å². The quantitative estimate of drug-likeness (QED) is 0.782. The van der Waals surface area contributed by atoms with Gasteiger partial charge in [-0.15, -0.1) is 0 Å². The number of ketones is 1. The molecule has 5 unspecified atom stereocenters. The second kappa shape index (κ2) is 4.52. The lowest BCUT2D eigenvalue weighted by molar-refractivity contribution is -0.952. The van der Waals surface area contributed by atoms with E-state index < -0.39 is 17.1 Å². The molecule has 5 nitrogen and oxygen atoms in total. The van der Waals surface area contributed by atoms with Crippen LogP contribution in [0.15, 0.2) is 12.1 Å². The number of rotatable bonds is 2. The van der Waals surface area contributed by atoms with Gasteiger partial charge in [-0.25, -0.2) is 0 Å². The molecule has 2 saturated carbocycles. The lowest BCUT2D eigenvalue weighted by Gasteiger charge is -2.64. The number of nitrogens with zero attached hydrogens (tertiary/aromatic N) is 1. The lowest BCUT2D eigenvalue weighted by atomic mass is 9.48. The summed E-state index contributed by atoms with van der Waals surface area (Å²) in [4.78, 5) is 12.9. The van der Waals surface area contributed by atoms with Gasteiger partial charge in [-0.2, -0.15) is 0 Å². The predicted molar refractivity (Wildman–Crippen MR) is 98.8 cm³/mol. The van der Waals surface area contributed by atoms with Crippen molar-refractivity contribution < 1.29 is 24.2 Å². The predicted octanol–water partition coefficient (Wildman–Crippen LogP) is 2.06. The molecule has 2 N–H and O–H groups in total. The fraction of sp³-hybridized carbons (Fsp3) is 0.682. The van der Waals surface area contributed by atoms with Gasteiger partial charge in [0, 0.05) is 30.2 Å². The Labute approximate surface area is 159 Å². The van der Waals surface area contributed by atoms with E-state index in [1.165, 1.54) is 12.8 Å². The third-order valence-corrected chi connectivity index (χ3v) is 8.75. The van der Waals surface area contributed by atoms with Crippen molar-refractivity contribution in [2.45, 2.75) is 68.6 Å². The summed E-state index contributed by atoms with van der Waals surface area (Å²) >= 11 is 0. The van der Waals surface area contributed by atoms with Crippen LogP contribution >= 0.6 is 0 Å². The largest absolute Gasteiger partial charge is 0.504 e. The van der Waals surface area contributed by atoms with E-state index >= 15 is 0 Å². The van der Waals surface area contributed by atoms with Crippen LogP contribution in [0.4, 0.5) is 0 Å². The Morgan fingerprint density at radius 1 is 1.26 bits per heavy atom. The van der Waals surface area contributed by atoms with Gasteiger partial charge >= 0.3 is 0 Å². The van der Waals surface area contributed by atoms with Crippen LogP contribution in [0.3, 0.4) is 0 Å². The number of quaternary nitrogens is 1. The first kappa shape index (κ1) is 16.4. The maximum absolute atomic E-state index is 12.9. The van der Waals surface area contributed by atoms with E-state index in [0.29, 0.717) is 24.0 Å². The number of aromatic hydroxyl groups is 1. The van der Waals surface area contributed by atoms with E-state index in [2.05, 4.69) is 14.0 Å². The Balaban J connectivity index is 1.59. The van der Waals surface area contributed by atoms with E-state index in [0.717, 1.165) is 41.5 Å². The Kier molecular flexibility index (Phi) is 2.74. The highest BCUT2D eigenvalue weighted by Gasteiger charge is 2.76. The molecular weight excluding hydrogens is 342 g/mol. The number of carbonyl (C=O) groups excluding carboxylic acids is 1. The van der Waals surface area contributed by atoms with E-state index in [-0.39, 0.29) is 17.6 Å². The molecular formula is C22H28NO4+. The number of benzene rings is 1. The second-order valence-electron chi connectivity index (χ2n) is 10.4. The minimum atomic E-state index is -0.949. The van der Waals surface area contributed by atoms with Crippen molar-refractivity contribution in [3.05, 3.63) is 23.3 Å². The molecule has 5 heteroatoms. The SMILES string of the molecule is CC1(C[N+]2(C)CCC34c5c6ccc(O)c5OC3C(=O)CCC4(O)C2C6)CC1. The molecule has 144 valence electrons. The number of hydrogen-bond acceptors (Lipinski definition) is 4. The van der Waals surface area contributed by atoms with Gasteiger partial charge in [0.25, 0.3) is 0 Å². The van der Waals surface area contributed by atoms with Crippen LogP contribution in [0.2, 0.25) is 0 Å². The number of likely N-dealkylation sites (tertiary alicyclic amines) is 1. The van der Waals surface area contributed by atoms with Crippen molar-refractivity contribution in [1.82, 2.24) is 0 Å². The molecule has 1 aromatic rings. The molecule has 2 bridgehead atoms. The number of piperidine rings is 1. The second-order valence-corrected chi connectivity index (χ2v) is 10.4. The normalized spacial score (nSPS) is 45.2. The number of hydrogen-bond donors (Lipinski definition) is 2. The third-order valence-electron chi connectivity index (χ3n) is 8.75. The van der Waals surface area contributed by atoms with Gasteiger partial charge in [-0.3, -0.25) is 4.79 Å². The van der Waals surface area contributed by atoms with Crippen molar-refractivity contribution in [2.75, 3.05) is 20.1 Å². The Morgan fingerprint density at radius 3 is 2.78 bits per heavy atom. The monoisotopic (exact) mass is 370 g/mol. The highest BCUT2D eigenvalue weighted by atomic mass is 16.5. The number of Topliss-reactive ketones (excluding diaryl/α,β-unsaturated/α-hetero) is 1. The van der Waals surface area contributed by atoms with Gasteiger partial charge in [0.1, 0.15) is 11.6 Å². The Hall–Kier alpha value is -1.59. The average molecular weight is 370 g/mol. The van der Waals surface area contributed by atoms with E-state index in [4.69, 9.17) is 4.74 Å². The molecule has 0 amide bonds. The molecule has 27 heavy (non-hydrogen) atoms. The van der Waals surface area contributed by atoms with Gasteiger partial charge in [0.2, 0.25) is 0 Å². The number of likely N-dealkylation sites (N-methyl/N-ethyl adjacent to an activating group) is 1. The molecule has 1 aromatic carbocycles.